The second-order valence-electron chi connectivity index (χ2n) is 7.44. The van der Waals surface area contributed by atoms with Crippen LogP contribution in [0.25, 0.3) is 27.6 Å². The van der Waals surface area contributed by atoms with Crippen molar-refractivity contribution < 1.29 is 4.74 Å². The van der Waals surface area contributed by atoms with Crippen LogP contribution in [0, 0.1) is 0 Å². The maximum absolute atomic E-state index is 6.06. The van der Waals surface area contributed by atoms with Crippen LogP contribution in [0.2, 0.25) is 5.02 Å². The monoisotopic (exact) mass is 430 g/mol. The number of pyridine rings is 2. The number of ether oxygens (including phenoxy) is 1. The fourth-order valence-electron chi connectivity index (χ4n) is 3.20. The molecule has 4 rings (SSSR count). The SMILES string of the molecule is C/C(=C\C=C(/C)c1ccc2cc(Cl)ccc2n1)COc1nn(C)cc1-c1ccncc1. The number of aromatic nitrogens is 4. The Morgan fingerprint density at radius 1 is 1.06 bits per heavy atom. The normalized spacial score (nSPS) is 12.4. The number of nitrogens with zero attached hydrogens (tertiary/aromatic N) is 4. The molecule has 1 aromatic carbocycles. The van der Waals surface area contributed by atoms with Crippen LogP contribution in [-0.2, 0) is 7.05 Å². The molecule has 31 heavy (non-hydrogen) atoms. The number of halogens is 1. The molecule has 3 aromatic heterocycles. The minimum atomic E-state index is 0.447. The molecule has 0 unspecified atom stereocenters. The lowest BCUT2D eigenvalue weighted by atomic mass is 10.1. The zero-order valence-electron chi connectivity index (χ0n) is 17.7. The summed E-state index contributed by atoms with van der Waals surface area (Å²) in [5.74, 6) is 0.608. The van der Waals surface area contributed by atoms with E-state index in [0.717, 1.165) is 38.9 Å². The molecule has 0 N–H and O–H groups in total. The van der Waals surface area contributed by atoms with Crippen LogP contribution in [0.15, 0.2) is 78.8 Å². The van der Waals surface area contributed by atoms with Gasteiger partial charge in [0.15, 0.2) is 0 Å². The minimum Gasteiger partial charge on any atom is -0.472 e. The van der Waals surface area contributed by atoms with Gasteiger partial charge in [-0.25, -0.2) is 4.98 Å². The van der Waals surface area contributed by atoms with Gasteiger partial charge in [0.25, 0.3) is 0 Å². The van der Waals surface area contributed by atoms with Crippen LogP contribution in [0.4, 0.5) is 0 Å². The van der Waals surface area contributed by atoms with E-state index in [2.05, 4.69) is 29.2 Å². The van der Waals surface area contributed by atoms with E-state index >= 15 is 0 Å². The summed E-state index contributed by atoms with van der Waals surface area (Å²) < 4.78 is 7.76. The second kappa shape index (κ2) is 9.14. The van der Waals surface area contributed by atoms with Crippen LogP contribution in [0.5, 0.6) is 5.88 Å². The van der Waals surface area contributed by atoms with Gasteiger partial charge in [-0.15, -0.1) is 5.10 Å². The summed E-state index contributed by atoms with van der Waals surface area (Å²) in [6.45, 7) is 4.53. The van der Waals surface area contributed by atoms with Gasteiger partial charge in [-0.1, -0.05) is 29.8 Å². The number of benzene rings is 1. The van der Waals surface area contributed by atoms with Crippen LogP contribution >= 0.6 is 11.6 Å². The van der Waals surface area contributed by atoms with E-state index in [4.69, 9.17) is 21.3 Å². The van der Waals surface area contributed by atoms with E-state index in [-0.39, 0.29) is 0 Å². The first-order valence-corrected chi connectivity index (χ1v) is 10.3. The standard InChI is InChI=1S/C25H23ClN4O/c1-17(16-31-25-22(15-30(3)29-25)19-10-12-27-13-11-19)4-5-18(2)23-8-6-20-14-21(26)7-9-24(20)28-23/h4-15H,16H2,1-3H3/b17-4+,18-5+. The number of aryl methyl sites for hydroxylation is 1. The smallest absolute Gasteiger partial charge is 0.241 e. The molecule has 6 heteroatoms. The van der Waals surface area contributed by atoms with E-state index in [1.54, 1.807) is 17.1 Å². The Morgan fingerprint density at radius 3 is 2.68 bits per heavy atom. The number of fused-ring (bicyclic) bond motifs is 1. The van der Waals surface area contributed by atoms with Crippen molar-refractivity contribution >= 4 is 28.1 Å². The molecule has 5 nitrogen and oxygen atoms in total. The summed E-state index contributed by atoms with van der Waals surface area (Å²) in [5, 5.41) is 6.20. The Balaban J connectivity index is 1.47. The topological polar surface area (TPSA) is 52.8 Å². The van der Waals surface area contributed by atoms with Gasteiger partial charge in [-0.2, -0.15) is 0 Å². The van der Waals surface area contributed by atoms with Gasteiger partial charge in [0.2, 0.25) is 5.88 Å². The van der Waals surface area contributed by atoms with Crippen molar-refractivity contribution in [3.63, 3.8) is 0 Å². The van der Waals surface area contributed by atoms with Crippen molar-refractivity contribution in [3.05, 3.63) is 89.5 Å². The molecule has 0 fully saturated rings. The van der Waals surface area contributed by atoms with Gasteiger partial charge < -0.3 is 4.74 Å². The number of hydrogen-bond donors (Lipinski definition) is 0. The lowest BCUT2D eigenvalue weighted by molar-refractivity contribution is 0.335. The third-order valence-corrected chi connectivity index (χ3v) is 5.13. The highest BCUT2D eigenvalue weighted by atomic mass is 35.5. The van der Waals surface area contributed by atoms with Gasteiger partial charge in [-0.3, -0.25) is 9.67 Å². The van der Waals surface area contributed by atoms with E-state index in [9.17, 15) is 0 Å². The molecule has 0 atom stereocenters. The molecule has 156 valence electrons. The summed E-state index contributed by atoms with van der Waals surface area (Å²) in [6.07, 6.45) is 9.59. The largest absolute Gasteiger partial charge is 0.472 e. The predicted octanol–water partition coefficient (Wildman–Crippen LogP) is 6.11. The molecule has 0 aliphatic rings. The van der Waals surface area contributed by atoms with Crippen LogP contribution < -0.4 is 4.74 Å². The molecule has 0 bridgehead atoms. The van der Waals surface area contributed by atoms with Crippen molar-refractivity contribution in [3.8, 4) is 17.0 Å². The zero-order valence-corrected chi connectivity index (χ0v) is 18.5. The quantitative estimate of drug-likeness (QED) is 0.346. The van der Waals surface area contributed by atoms with Crippen molar-refractivity contribution in [2.24, 2.45) is 7.05 Å². The Kier molecular flexibility index (Phi) is 6.14. The molecule has 0 amide bonds. The van der Waals surface area contributed by atoms with E-state index < -0.39 is 0 Å². The van der Waals surface area contributed by atoms with Crippen molar-refractivity contribution in [2.75, 3.05) is 6.61 Å². The first kappa shape index (κ1) is 20.8. The van der Waals surface area contributed by atoms with Crippen molar-refractivity contribution in [1.29, 1.82) is 0 Å². The van der Waals surface area contributed by atoms with Crippen LogP contribution in [0.3, 0.4) is 0 Å². The summed E-state index contributed by atoms with van der Waals surface area (Å²) in [6, 6.07) is 13.7. The zero-order chi connectivity index (χ0) is 21.8. The van der Waals surface area contributed by atoms with Crippen LogP contribution in [0.1, 0.15) is 19.5 Å². The summed E-state index contributed by atoms with van der Waals surface area (Å²) >= 11 is 6.06. The van der Waals surface area contributed by atoms with Gasteiger partial charge in [0, 0.05) is 36.0 Å². The fourth-order valence-corrected chi connectivity index (χ4v) is 3.38. The van der Waals surface area contributed by atoms with Crippen LogP contribution in [-0.4, -0.2) is 26.4 Å². The lowest BCUT2D eigenvalue weighted by Crippen LogP contribution is -2.00. The fraction of sp³-hybridized carbons (Fsp3) is 0.160. The summed E-state index contributed by atoms with van der Waals surface area (Å²) in [4.78, 5) is 8.80. The first-order chi connectivity index (χ1) is 15.0. The highest BCUT2D eigenvalue weighted by Gasteiger charge is 2.11. The molecule has 3 heterocycles. The Hall–Kier alpha value is -3.44. The Bertz CT molecular complexity index is 1280. The van der Waals surface area contributed by atoms with Crippen molar-refractivity contribution in [2.45, 2.75) is 13.8 Å². The Morgan fingerprint density at radius 2 is 1.87 bits per heavy atom. The molecule has 4 aromatic rings. The van der Waals surface area contributed by atoms with Gasteiger partial charge in [0.05, 0.1) is 16.8 Å². The summed E-state index contributed by atoms with van der Waals surface area (Å²) in [7, 11) is 1.89. The predicted molar refractivity (Wildman–Crippen MR) is 126 cm³/mol. The average molecular weight is 431 g/mol. The molecular formula is C25H23ClN4O. The molecule has 0 spiro atoms. The maximum Gasteiger partial charge on any atom is 0.241 e. The number of hydrogen-bond acceptors (Lipinski definition) is 4. The Labute approximate surface area is 186 Å². The molecule has 0 aliphatic carbocycles. The molecule has 0 radical (unpaired) electrons. The highest BCUT2D eigenvalue weighted by Crippen LogP contribution is 2.28. The molecule has 0 saturated heterocycles. The number of rotatable bonds is 6. The van der Waals surface area contributed by atoms with Gasteiger partial charge in [0.1, 0.15) is 6.61 Å². The van der Waals surface area contributed by atoms with E-state index in [1.165, 1.54) is 0 Å². The second-order valence-corrected chi connectivity index (χ2v) is 7.88. The van der Waals surface area contributed by atoms with E-state index in [1.807, 2.05) is 62.6 Å². The average Bonchev–Trinajstić information content (AvgIpc) is 3.16. The molecule has 0 aliphatic heterocycles. The number of allylic oxidation sites excluding steroid dienone is 3. The molecular weight excluding hydrogens is 408 g/mol. The highest BCUT2D eigenvalue weighted by molar-refractivity contribution is 6.31. The maximum atomic E-state index is 6.06. The van der Waals surface area contributed by atoms with Gasteiger partial charge >= 0.3 is 0 Å². The van der Waals surface area contributed by atoms with E-state index in [0.29, 0.717) is 17.5 Å². The van der Waals surface area contributed by atoms with Crippen molar-refractivity contribution in [1.82, 2.24) is 19.7 Å². The molecule has 0 saturated carbocycles. The summed E-state index contributed by atoms with van der Waals surface area (Å²) in [5.41, 5.74) is 6.00. The van der Waals surface area contributed by atoms with Gasteiger partial charge in [-0.05, 0) is 67.0 Å². The lowest BCUT2D eigenvalue weighted by Gasteiger charge is -2.06. The minimum absolute atomic E-state index is 0.447. The third kappa shape index (κ3) is 5.01. The third-order valence-electron chi connectivity index (χ3n) is 4.90. The first-order valence-electron chi connectivity index (χ1n) is 9.97.